The summed E-state index contributed by atoms with van der Waals surface area (Å²) in [5.74, 6) is 0.0756. The molecule has 0 aromatic carbocycles. The van der Waals surface area contributed by atoms with Gasteiger partial charge in [0, 0.05) is 28.5 Å². The predicted octanol–water partition coefficient (Wildman–Crippen LogP) is -1.70. The summed E-state index contributed by atoms with van der Waals surface area (Å²) >= 11 is 0. The van der Waals surface area contributed by atoms with E-state index < -0.39 is 0 Å². The third-order valence-electron chi connectivity index (χ3n) is 1.11. The number of aliphatic hydroxyl groups is 2. The van der Waals surface area contributed by atoms with Crippen LogP contribution >= 0.6 is 0 Å². The maximum Gasteiger partial charge on any atom is 0.0477 e. The Labute approximate surface area is 46.6 Å². The summed E-state index contributed by atoms with van der Waals surface area (Å²) in [6.45, 7) is 1.93. The Hall–Kier alpha value is 0.137. The minimum absolute atomic E-state index is 0.0756. The van der Waals surface area contributed by atoms with Crippen LogP contribution in [0, 0.1) is 5.92 Å². The lowest BCUT2D eigenvalue weighted by Crippen LogP contribution is -2.20. The zero-order chi connectivity index (χ0) is 5.86. The number of aliphatic hydroxyl groups excluding tert-OH is 2. The fraction of sp³-hybridized carbons (Fsp3) is 1.00. The van der Waals surface area contributed by atoms with Crippen molar-refractivity contribution in [3.05, 3.63) is 0 Å². The molecule has 0 heterocycles. The van der Waals surface area contributed by atoms with E-state index in [2.05, 4.69) is 0 Å². The summed E-state index contributed by atoms with van der Waals surface area (Å²) in [6, 6.07) is 0. The Morgan fingerprint density at radius 1 is 1.71 bits per heavy atom. The molecular formula is C4H12O2Si. The summed E-state index contributed by atoms with van der Waals surface area (Å²) in [5.41, 5.74) is -0.245. The standard InChI is InChI=1S/C4H12O2Si/c1-3(2-5)4(6)7/h3-6H,2H2,1,7H3. The maximum absolute atomic E-state index is 8.72. The molecule has 0 amide bonds. The predicted molar refractivity (Wildman–Crippen MR) is 32.2 cm³/mol. The molecule has 0 saturated heterocycles. The zero-order valence-electron chi connectivity index (χ0n) is 4.76. The number of hydrogen-bond donors (Lipinski definition) is 2. The van der Waals surface area contributed by atoms with Gasteiger partial charge < -0.3 is 10.2 Å². The van der Waals surface area contributed by atoms with Crippen LogP contribution in [0.4, 0.5) is 0 Å². The fourth-order valence-electron chi connectivity index (χ4n) is 0.153. The molecule has 0 aliphatic heterocycles. The summed E-state index contributed by atoms with van der Waals surface area (Å²) in [7, 11) is 0.758. The highest BCUT2D eigenvalue weighted by molar-refractivity contribution is 6.10. The molecule has 0 saturated carbocycles. The van der Waals surface area contributed by atoms with Crippen LogP contribution in [-0.4, -0.2) is 32.8 Å². The SMILES string of the molecule is CC(CO)C(O)[SiH3]. The van der Waals surface area contributed by atoms with Crippen LogP contribution in [-0.2, 0) is 0 Å². The van der Waals surface area contributed by atoms with E-state index in [0.717, 1.165) is 10.2 Å². The molecule has 0 aliphatic carbocycles. The zero-order valence-corrected chi connectivity index (χ0v) is 6.76. The van der Waals surface area contributed by atoms with Crippen LogP contribution in [0.5, 0.6) is 0 Å². The van der Waals surface area contributed by atoms with E-state index in [0.29, 0.717) is 0 Å². The van der Waals surface area contributed by atoms with Gasteiger partial charge in [-0.25, -0.2) is 0 Å². The topological polar surface area (TPSA) is 40.5 Å². The number of hydrogen-bond acceptors (Lipinski definition) is 2. The van der Waals surface area contributed by atoms with Crippen molar-refractivity contribution in [1.82, 2.24) is 0 Å². The molecule has 0 aliphatic rings. The quantitative estimate of drug-likeness (QED) is 0.426. The Kier molecular flexibility index (Phi) is 3.24. The van der Waals surface area contributed by atoms with Crippen LogP contribution in [0.25, 0.3) is 0 Å². The van der Waals surface area contributed by atoms with E-state index in [-0.39, 0.29) is 18.3 Å². The molecule has 0 bridgehead atoms. The van der Waals surface area contributed by atoms with E-state index >= 15 is 0 Å². The van der Waals surface area contributed by atoms with Gasteiger partial charge in [0.1, 0.15) is 0 Å². The smallest absolute Gasteiger partial charge is 0.0477 e. The molecule has 2 N–H and O–H groups in total. The van der Waals surface area contributed by atoms with Gasteiger partial charge in [-0.15, -0.1) is 0 Å². The van der Waals surface area contributed by atoms with Crippen molar-refractivity contribution < 1.29 is 10.2 Å². The third-order valence-corrected chi connectivity index (χ3v) is 2.25. The van der Waals surface area contributed by atoms with Gasteiger partial charge in [0.25, 0.3) is 0 Å². The van der Waals surface area contributed by atoms with Crippen LogP contribution in [0.15, 0.2) is 0 Å². The van der Waals surface area contributed by atoms with Gasteiger partial charge in [0.15, 0.2) is 0 Å². The minimum Gasteiger partial charge on any atom is -0.397 e. The molecule has 3 heteroatoms. The first-order valence-corrected chi connectivity index (χ1v) is 3.63. The molecule has 7 heavy (non-hydrogen) atoms. The first kappa shape index (κ1) is 7.14. The molecule has 2 unspecified atom stereocenters. The van der Waals surface area contributed by atoms with Crippen LogP contribution in [0.1, 0.15) is 6.92 Å². The highest BCUT2D eigenvalue weighted by atomic mass is 28.1. The van der Waals surface area contributed by atoms with E-state index in [1.807, 2.05) is 6.92 Å². The first-order chi connectivity index (χ1) is 3.18. The highest BCUT2D eigenvalue weighted by Gasteiger charge is 2.04. The molecule has 0 aromatic rings. The Morgan fingerprint density at radius 2 is 2.14 bits per heavy atom. The Morgan fingerprint density at radius 3 is 2.14 bits per heavy atom. The summed E-state index contributed by atoms with van der Waals surface area (Å²) in [4.78, 5) is 0. The number of rotatable bonds is 2. The molecule has 0 radical (unpaired) electrons. The largest absolute Gasteiger partial charge is 0.397 e. The van der Waals surface area contributed by atoms with Crippen molar-refractivity contribution in [2.24, 2.45) is 5.92 Å². The molecular weight excluding hydrogens is 108 g/mol. The summed E-state index contributed by atoms with van der Waals surface area (Å²) in [5, 5.41) is 17.1. The average Bonchev–Trinajstić information content (AvgIpc) is 1.65. The van der Waals surface area contributed by atoms with Crippen LogP contribution in [0.2, 0.25) is 0 Å². The van der Waals surface area contributed by atoms with E-state index in [1.54, 1.807) is 0 Å². The van der Waals surface area contributed by atoms with Crippen LogP contribution < -0.4 is 0 Å². The monoisotopic (exact) mass is 120 g/mol. The molecule has 0 aromatic heterocycles. The van der Waals surface area contributed by atoms with Gasteiger partial charge in [-0.1, -0.05) is 6.92 Å². The van der Waals surface area contributed by atoms with Crippen molar-refractivity contribution in [3.8, 4) is 0 Å². The lowest BCUT2D eigenvalue weighted by Gasteiger charge is -2.08. The van der Waals surface area contributed by atoms with Gasteiger partial charge in [-0.2, -0.15) is 0 Å². The van der Waals surface area contributed by atoms with Crippen molar-refractivity contribution in [1.29, 1.82) is 0 Å². The van der Waals surface area contributed by atoms with E-state index in [1.165, 1.54) is 0 Å². The Bertz CT molecular complexity index is 47.0. The van der Waals surface area contributed by atoms with Gasteiger partial charge >= 0.3 is 0 Å². The molecule has 0 spiro atoms. The summed E-state index contributed by atoms with van der Waals surface area (Å²) < 4.78 is 0. The van der Waals surface area contributed by atoms with Gasteiger partial charge in [0.05, 0.1) is 0 Å². The maximum atomic E-state index is 8.72. The fourth-order valence-corrected chi connectivity index (χ4v) is 0.363. The van der Waals surface area contributed by atoms with Gasteiger partial charge in [-0.05, 0) is 0 Å². The average molecular weight is 120 g/mol. The van der Waals surface area contributed by atoms with Crippen molar-refractivity contribution >= 4 is 10.2 Å². The highest BCUT2D eigenvalue weighted by Crippen LogP contribution is 1.94. The van der Waals surface area contributed by atoms with E-state index in [9.17, 15) is 0 Å². The van der Waals surface area contributed by atoms with Crippen LogP contribution in [0.3, 0.4) is 0 Å². The second-order valence-electron chi connectivity index (χ2n) is 1.90. The molecule has 0 rings (SSSR count). The molecule has 2 nitrogen and oxygen atoms in total. The van der Waals surface area contributed by atoms with Crippen molar-refractivity contribution in [2.45, 2.75) is 12.7 Å². The van der Waals surface area contributed by atoms with Gasteiger partial charge in [0.2, 0.25) is 0 Å². The first-order valence-electron chi connectivity index (χ1n) is 2.47. The molecule has 2 atom stereocenters. The lowest BCUT2D eigenvalue weighted by atomic mass is 10.2. The minimum atomic E-state index is -0.245. The summed E-state index contributed by atoms with van der Waals surface area (Å²) in [6.07, 6.45) is 0. The normalized spacial score (nSPS) is 19.3. The molecule has 44 valence electrons. The second kappa shape index (κ2) is 3.18. The van der Waals surface area contributed by atoms with Crippen molar-refractivity contribution in [3.63, 3.8) is 0 Å². The second-order valence-corrected chi connectivity index (χ2v) is 3.08. The van der Waals surface area contributed by atoms with Gasteiger partial charge in [-0.3, -0.25) is 0 Å². The van der Waals surface area contributed by atoms with E-state index in [4.69, 9.17) is 10.2 Å². The lowest BCUT2D eigenvalue weighted by molar-refractivity contribution is 0.133. The Balaban J connectivity index is 3.14. The molecule has 0 fully saturated rings. The third kappa shape index (κ3) is 2.79. The van der Waals surface area contributed by atoms with Crippen molar-refractivity contribution in [2.75, 3.05) is 6.61 Å².